The summed E-state index contributed by atoms with van der Waals surface area (Å²) < 4.78 is 19.0. The highest BCUT2D eigenvalue weighted by molar-refractivity contribution is 5.97. The van der Waals surface area contributed by atoms with E-state index in [2.05, 4.69) is 23.3 Å². The topological polar surface area (TPSA) is 168 Å². The minimum absolute atomic E-state index is 0.108. The van der Waals surface area contributed by atoms with Crippen molar-refractivity contribution in [3.63, 3.8) is 0 Å². The van der Waals surface area contributed by atoms with E-state index in [-0.39, 0.29) is 35.9 Å². The van der Waals surface area contributed by atoms with Gasteiger partial charge in [0, 0.05) is 32.5 Å². The average Bonchev–Trinajstić information content (AvgIpc) is 3.62. The van der Waals surface area contributed by atoms with Gasteiger partial charge in [-0.1, -0.05) is 19.8 Å². The molecule has 11 nitrogen and oxygen atoms in total. The van der Waals surface area contributed by atoms with Crippen LogP contribution in [0.2, 0.25) is 0 Å². The van der Waals surface area contributed by atoms with E-state index < -0.39 is 11.6 Å². The molecule has 4 rings (SSSR count). The van der Waals surface area contributed by atoms with Crippen LogP contribution in [-0.4, -0.2) is 41.4 Å². The summed E-state index contributed by atoms with van der Waals surface area (Å²) in [7, 11) is 5.17. The Morgan fingerprint density at radius 2 is 1.85 bits per heavy atom. The molecule has 2 heterocycles. The van der Waals surface area contributed by atoms with Crippen molar-refractivity contribution in [1.82, 2.24) is 9.78 Å². The first-order chi connectivity index (χ1) is 19.6. The fourth-order valence-corrected chi connectivity index (χ4v) is 5.98. The monoisotopic (exact) mass is 568 g/mol. The zero-order valence-electron chi connectivity index (χ0n) is 24.9. The summed E-state index contributed by atoms with van der Waals surface area (Å²) in [6.07, 6.45) is 6.18. The summed E-state index contributed by atoms with van der Waals surface area (Å²) in [6, 6.07) is 5.97. The van der Waals surface area contributed by atoms with Gasteiger partial charge in [0.15, 0.2) is 0 Å². The van der Waals surface area contributed by atoms with E-state index in [1.807, 2.05) is 26.1 Å². The minimum Gasteiger partial charge on any atom is -0.496 e. The van der Waals surface area contributed by atoms with Crippen molar-refractivity contribution in [2.75, 3.05) is 14.2 Å². The van der Waals surface area contributed by atoms with Crippen molar-refractivity contribution in [2.45, 2.75) is 83.8 Å². The first kappa shape index (κ1) is 31.8. The molecule has 0 amide bonds. The van der Waals surface area contributed by atoms with E-state index in [0.29, 0.717) is 19.4 Å². The number of ether oxygens (including phenoxy) is 3. The number of hydrogen-bond donors (Lipinski definition) is 3. The predicted molar refractivity (Wildman–Crippen MR) is 158 cm³/mol. The van der Waals surface area contributed by atoms with Crippen LogP contribution in [0.3, 0.4) is 0 Å². The highest BCUT2D eigenvalue weighted by Crippen LogP contribution is 2.47. The largest absolute Gasteiger partial charge is 0.496 e. The molecule has 0 bridgehead atoms. The van der Waals surface area contributed by atoms with Gasteiger partial charge in [-0.15, -0.1) is 4.91 Å². The zero-order chi connectivity index (χ0) is 30.2. The summed E-state index contributed by atoms with van der Waals surface area (Å²) in [5.74, 6) is 0.902. The van der Waals surface area contributed by atoms with Crippen molar-refractivity contribution in [1.29, 1.82) is 5.41 Å². The summed E-state index contributed by atoms with van der Waals surface area (Å²) in [5.41, 5.74) is 14.6. The molecule has 41 heavy (non-hydrogen) atoms. The molecular formula is C30H44N6O5. The van der Waals surface area contributed by atoms with Crippen LogP contribution in [0.1, 0.15) is 74.4 Å². The first-order valence-corrected chi connectivity index (χ1v) is 14.2. The number of aryl methyl sites for hydroxylation is 4. The molecule has 1 aromatic carbocycles. The van der Waals surface area contributed by atoms with E-state index in [4.69, 9.17) is 31.1 Å². The molecule has 1 aliphatic carbocycles. The lowest BCUT2D eigenvalue weighted by atomic mass is 9.75. The highest BCUT2D eigenvalue weighted by Gasteiger charge is 2.48. The third-order valence-electron chi connectivity index (χ3n) is 8.12. The van der Waals surface area contributed by atoms with E-state index in [9.17, 15) is 9.70 Å². The molecule has 0 radical (unpaired) electrons. The Kier molecular flexibility index (Phi) is 11.0. The molecule has 1 atom stereocenters. The first-order valence-electron chi connectivity index (χ1n) is 14.2. The van der Waals surface area contributed by atoms with Gasteiger partial charge in [0.1, 0.15) is 17.1 Å². The second-order valence-corrected chi connectivity index (χ2v) is 10.8. The molecule has 1 aliphatic heterocycles. The fourth-order valence-electron chi connectivity index (χ4n) is 5.98. The maximum atomic E-state index is 12.9. The Labute approximate surface area is 242 Å². The maximum absolute atomic E-state index is 12.9. The second-order valence-electron chi connectivity index (χ2n) is 10.8. The van der Waals surface area contributed by atoms with Crippen molar-refractivity contribution in [2.24, 2.45) is 29.6 Å². The third-order valence-corrected chi connectivity index (χ3v) is 8.12. The summed E-state index contributed by atoms with van der Waals surface area (Å²) in [6.45, 7) is 4.59. The molecule has 1 fully saturated rings. The normalized spacial score (nSPS) is 18.9. The second kappa shape index (κ2) is 14.2. The molecule has 2 aromatic rings. The van der Waals surface area contributed by atoms with Gasteiger partial charge in [0.05, 0.1) is 42.7 Å². The number of rotatable bonds is 11. The smallest absolute Gasteiger partial charge is 0.337 e. The van der Waals surface area contributed by atoms with E-state index >= 15 is 0 Å². The van der Waals surface area contributed by atoms with Crippen LogP contribution >= 0.6 is 0 Å². The Bertz CT molecular complexity index is 1280. The predicted octanol–water partition coefficient (Wildman–Crippen LogP) is 4.61. The van der Waals surface area contributed by atoms with E-state index in [1.54, 1.807) is 18.9 Å². The van der Waals surface area contributed by atoms with Crippen molar-refractivity contribution in [3.05, 3.63) is 56.9 Å². The number of benzene rings is 1. The van der Waals surface area contributed by atoms with E-state index in [1.165, 1.54) is 0 Å². The Morgan fingerprint density at radius 3 is 2.34 bits per heavy atom. The third kappa shape index (κ3) is 7.52. The molecule has 0 spiro atoms. The number of methoxy groups -OCH3 is 2. The van der Waals surface area contributed by atoms with Gasteiger partial charge in [-0.05, 0) is 73.4 Å². The van der Waals surface area contributed by atoms with Crippen molar-refractivity contribution >= 4 is 11.8 Å². The number of nitroso groups, excluding NO2 is 1. The molecule has 1 unspecified atom stereocenters. The number of hydrogen-bond acceptors (Lipinski definition) is 9. The summed E-state index contributed by atoms with van der Waals surface area (Å²) >= 11 is 0. The van der Waals surface area contributed by atoms with Crippen LogP contribution < -0.4 is 20.9 Å². The standard InChI is InChI=1S/C24H33N3O5.C6H11N3/c1-4-15-11-16(21(31-3)13-20(15)30-2)9-10-24(17-7-5-6-8-17)14-19(27-29)18(12-22(25)26)23(28)32-24;1-5-3-6(4-7)9(2)8-5/h11,13,17H,4-10,12,14H2,1-3H3,(H3,25,26);3H,4,7H2,1-2H3. The number of nitrogens with zero attached hydrogens (tertiary/aromatic N) is 3. The number of nitrogens with two attached hydrogens (primary N) is 2. The van der Waals surface area contributed by atoms with Gasteiger partial charge in [0.25, 0.3) is 0 Å². The number of amidine groups is 1. The lowest BCUT2D eigenvalue weighted by Crippen LogP contribution is -2.46. The van der Waals surface area contributed by atoms with Crippen molar-refractivity contribution in [3.8, 4) is 11.5 Å². The number of nitrogens with one attached hydrogen (secondary N) is 1. The molecule has 5 N–H and O–H groups in total. The van der Waals surface area contributed by atoms with Crippen LogP contribution in [0.5, 0.6) is 11.5 Å². The van der Waals surface area contributed by atoms with Crippen LogP contribution in [0, 0.1) is 23.2 Å². The van der Waals surface area contributed by atoms with Crippen LogP contribution in [-0.2, 0) is 36.0 Å². The molecule has 0 saturated heterocycles. The van der Waals surface area contributed by atoms with Gasteiger partial charge in [-0.25, -0.2) is 4.79 Å². The number of aromatic nitrogens is 2. The Balaban J connectivity index is 0.000000436. The summed E-state index contributed by atoms with van der Waals surface area (Å²) in [5, 5.41) is 14.8. The maximum Gasteiger partial charge on any atom is 0.337 e. The molecule has 2 aliphatic rings. The van der Waals surface area contributed by atoms with Gasteiger partial charge in [-0.2, -0.15) is 5.10 Å². The lowest BCUT2D eigenvalue weighted by Gasteiger charge is -2.42. The highest BCUT2D eigenvalue weighted by atomic mass is 16.6. The van der Waals surface area contributed by atoms with Gasteiger partial charge < -0.3 is 25.7 Å². The van der Waals surface area contributed by atoms with Crippen molar-refractivity contribution < 1.29 is 19.0 Å². The van der Waals surface area contributed by atoms with E-state index in [0.717, 1.165) is 66.1 Å². The fraction of sp³-hybridized carbons (Fsp3) is 0.567. The zero-order valence-corrected chi connectivity index (χ0v) is 24.9. The van der Waals surface area contributed by atoms with Crippen LogP contribution in [0.15, 0.2) is 34.6 Å². The molecule has 1 saturated carbocycles. The van der Waals surface area contributed by atoms with Crippen LogP contribution in [0.4, 0.5) is 0 Å². The van der Waals surface area contributed by atoms with Crippen LogP contribution in [0.25, 0.3) is 0 Å². The molecule has 224 valence electrons. The number of carbonyl (C=O) groups excluding carboxylic acids is 1. The quantitative estimate of drug-likeness (QED) is 0.153. The molecular weight excluding hydrogens is 524 g/mol. The number of carbonyl (C=O) groups is 1. The number of cyclic esters (lactones) is 1. The SMILES string of the molecule is CCc1cc(CCC2(C3CCCC3)CC(N=O)=C(CC(=N)N)C(=O)O2)c(OC)cc1OC.Cc1cc(CN)n(C)n1. The Hall–Kier alpha value is -3.73. The summed E-state index contributed by atoms with van der Waals surface area (Å²) in [4.78, 5) is 24.6. The minimum atomic E-state index is -0.797. The molecule has 1 aromatic heterocycles. The van der Waals surface area contributed by atoms with Gasteiger partial charge in [0.2, 0.25) is 0 Å². The number of esters is 1. The Morgan fingerprint density at radius 1 is 1.20 bits per heavy atom. The average molecular weight is 569 g/mol. The molecule has 11 heteroatoms. The van der Waals surface area contributed by atoms with Gasteiger partial charge >= 0.3 is 5.97 Å². The van der Waals surface area contributed by atoms with Gasteiger partial charge in [-0.3, -0.25) is 10.1 Å². The lowest BCUT2D eigenvalue weighted by molar-refractivity contribution is -0.165.